The fourth-order valence-electron chi connectivity index (χ4n) is 1.62. The van der Waals surface area contributed by atoms with Crippen LogP contribution in [0, 0.1) is 0 Å². The smallest absolute Gasteiger partial charge is 0.146 e. The highest BCUT2D eigenvalue weighted by Crippen LogP contribution is 2.20. The molecule has 0 bridgehead atoms. The van der Waals surface area contributed by atoms with Gasteiger partial charge in [-0.2, -0.15) is 0 Å². The van der Waals surface area contributed by atoms with Gasteiger partial charge in [0.15, 0.2) is 0 Å². The van der Waals surface area contributed by atoms with Crippen molar-refractivity contribution in [1.82, 2.24) is 0 Å². The van der Waals surface area contributed by atoms with Gasteiger partial charge >= 0.3 is 0 Å². The zero-order valence-corrected chi connectivity index (χ0v) is 13.5. The first-order valence-electron chi connectivity index (χ1n) is 6.75. The molecule has 108 valence electrons. The van der Waals surface area contributed by atoms with Crippen LogP contribution < -0.4 is 0 Å². The molecule has 0 spiro atoms. The van der Waals surface area contributed by atoms with Gasteiger partial charge < -0.3 is 14.6 Å². The van der Waals surface area contributed by atoms with Crippen LogP contribution >= 0.6 is 0 Å². The first kappa shape index (κ1) is 16.4. The second kappa shape index (κ2) is 7.19. The Balaban J connectivity index is 2.22. The maximum absolute atomic E-state index is 10.3. The molecule has 0 aliphatic carbocycles. The van der Waals surface area contributed by atoms with Crippen LogP contribution in [0.1, 0.15) is 12.5 Å². The lowest BCUT2D eigenvalue weighted by Crippen LogP contribution is -2.28. The Morgan fingerprint density at radius 3 is 2.32 bits per heavy atom. The molecule has 1 rings (SSSR count). The van der Waals surface area contributed by atoms with Crippen molar-refractivity contribution in [2.24, 2.45) is 0 Å². The van der Waals surface area contributed by atoms with E-state index in [2.05, 4.69) is 19.6 Å². The molecule has 1 unspecified atom stereocenters. The Morgan fingerprint density at radius 1 is 1.11 bits per heavy atom. The van der Waals surface area contributed by atoms with E-state index in [4.69, 9.17) is 9.47 Å². The molecule has 0 radical (unpaired) electrons. The van der Waals surface area contributed by atoms with E-state index >= 15 is 0 Å². The molecular weight excluding hydrogens is 256 g/mol. The van der Waals surface area contributed by atoms with Crippen LogP contribution in [0.2, 0.25) is 25.7 Å². The Hall–Kier alpha value is -0.683. The third-order valence-corrected chi connectivity index (χ3v) is 4.65. The second-order valence-corrected chi connectivity index (χ2v) is 11.9. The highest BCUT2D eigenvalue weighted by atomic mass is 28.3. The van der Waals surface area contributed by atoms with E-state index in [1.807, 2.05) is 30.3 Å². The summed E-state index contributed by atoms with van der Waals surface area (Å²) in [5.74, 6) is 0. The number of aliphatic hydroxyl groups is 1. The molecule has 0 saturated carbocycles. The van der Waals surface area contributed by atoms with E-state index in [1.54, 1.807) is 6.92 Å². The Labute approximate surface area is 117 Å². The molecule has 3 nitrogen and oxygen atoms in total. The first-order valence-corrected chi connectivity index (χ1v) is 10.5. The SMILES string of the molecule is CC(O)(COCOCC[Si](C)(C)C)c1ccccc1. The average molecular weight is 282 g/mol. The summed E-state index contributed by atoms with van der Waals surface area (Å²) in [6.45, 7) is 9.93. The van der Waals surface area contributed by atoms with Crippen molar-refractivity contribution >= 4 is 8.07 Å². The molecule has 1 atom stereocenters. The largest absolute Gasteiger partial charge is 0.383 e. The van der Waals surface area contributed by atoms with Crippen molar-refractivity contribution in [1.29, 1.82) is 0 Å². The summed E-state index contributed by atoms with van der Waals surface area (Å²) in [6, 6.07) is 10.7. The number of hydrogen-bond donors (Lipinski definition) is 1. The van der Waals surface area contributed by atoms with Gasteiger partial charge in [-0.05, 0) is 18.5 Å². The monoisotopic (exact) mass is 282 g/mol. The minimum atomic E-state index is -1.04. The summed E-state index contributed by atoms with van der Waals surface area (Å²) in [5, 5.41) is 10.3. The van der Waals surface area contributed by atoms with Crippen LogP contribution in [0.5, 0.6) is 0 Å². The molecule has 19 heavy (non-hydrogen) atoms. The minimum absolute atomic E-state index is 0.240. The quantitative estimate of drug-likeness (QED) is 0.452. The lowest BCUT2D eigenvalue weighted by Gasteiger charge is -2.23. The van der Waals surface area contributed by atoms with Gasteiger partial charge in [0.05, 0.1) is 6.61 Å². The molecule has 0 aliphatic heterocycles. The molecule has 0 amide bonds. The highest BCUT2D eigenvalue weighted by Gasteiger charge is 2.22. The third-order valence-electron chi connectivity index (χ3n) is 2.94. The fourth-order valence-corrected chi connectivity index (χ4v) is 2.37. The van der Waals surface area contributed by atoms with Gasteiger partial charge in [-0.1, -0.05) is 50.0 Å². The Bertz CT molecular complexity index is 357. The number of ether oxygens (including phenoxy) is 2. The zero-order chi connectivity index (χ0) is 14.4. The molecule has 4 heteroatoms. The molecule has 0 aliphatic rings. The van der Waals surface area contributed by atoms with E-state index in [1.165, 1.54) is 0 Å². The van der Waals surface area contributed by atoms with Crippen LogP contribution in [-0.4, -0.2) is 33.2 Å². The van der Waals surface area contributed by atoms with Crippen molar-refractivity contribution in [3.63, 3.8) is 0 Å². The van der Waals surface area contributed by atoms with E-state index in [-0.39, 0.29) is 13.4 Å². The van der Waals surface area contributed by atoms with Crippen molar-refractivity contribution in [3.05, 3.63) is 35.9 Å². The summed E-state index contributed by atoms with van der Waals surface area (Å²) in [4.78, 5) is 0. The van der Waals surface area contributed by atoms with Gasteiger partial charge in [-0.15, -0.1) is 0 Å². The lowest BCUT2D eigenvalue weighted by atomic mass is 9.97. The predicted molar refractivity (Wildman–Crippen MR) is 80.9 cm³/mol. The second-order valence-electron chi connectivity index (χ2n) is 6.33. The maximum Gasteiger partial charge on any atom is 0.146 e. The van der Waals surface area contributed by atoms with E-state index in [0.717, 1.165) is 18.2 Å². The zero-order valence-electron chi connectivity index (χ0n) is 12.5. The van der Waals surface area contributed by atoms with Crippen molar-refractivity contribution in [2.45, 2.75) is 38.2 Å². The normalized spacial score (nSPS) is 15.2. The van der Waals surface area contributed by atoms with Crippen LogP contribution in [0.4, 0.5) is 0 Å². The molecule has 1 N–H and O–H groups in total. The van der Waals surface area contributed by atoms with Gasteiger partial charge in [0.25, 0.3) is 0 Å². The Morgan fingerprint density at radius 2 is 1.74 bits per heavy atom. The number of rotatable bonds is 8. The molecule has 0 heterocycles. The van der Waals surface area contributed by atoms with Gasteiger partial charge in [-0.3, -0.25) is 0 Å². The molecule has 0 saturated heterocycles. The summed E-state index contributed by atoms with van der Waals surface area (Å²) in [7, 11) is -1.04. The topological polar surface area (TPSA) is 38.7 Å². The Kier molecular flexibility index (Phi) is 6.20. The molecule has 1 aromatic carbocycles. The number of benzene rings is 1. The molecular formula is C15H26O3Si. The lowest BCUT2D eigenvalue weighted by molar-refractivity contribution is -0.107. The summed E-state index contributed by atoms with van der Waals surface area (Å²) in [6.07, 6.45) is 0. The summed E-state index contributed by atoms with van der Waals surface area (Å²) in [5.41, 5.74) is -0.110. The summed E-state index contributed by atoms with van der Waals surface area (Å²) >= 11 is 0. The molecule has 1 aromatic rings. The average Bonchev–Trinajstić information content (AvgIpc) is 2.33. The summed E-state index contributed by atoms with van der Waals surface area (Å²) < 4.78 is 10.9. The minimum Gasteiger partial charge on any atom is -0.383 e. The van der Waals surface area contributed by atoms with E-state index in [0.29, 0.717) is 0 Å². The van der Waals surface area contributed by atoms with Crippen LogP contribution in [0.15, 0.2) is 30.3 Å². The molecule has 0 fully saturated rings. The maximum atomic E-state index is 10.3. The highest BCUT2D eigenvalue weighted by molar-refractivity contribution is 6.76. The third kappa shape index (κ3) is 6.87. The van der Waals surface area contributed by atoms with Crippen molar-refractivity contribution < 1.29 is 14.6 Å². The van der Waals surface area contributed by atoms with E-state index < -0.39 is 13.7 Å². The van der Waals surface area contributed by atoms with Gasteiger partial charge in [0.2, 0.25) is 0 Å². The first-order chi connectivity index (χ1) is 8.81. The predicted octanol–water partition coefficient (Wildman–Crippen LogP) is 3.22. The van der Waals surface area contributed by atoms with Crippen LogP contribution in [0.25, 0.3) is 0 Å². The van der Waals surface area contributed by atoms with E-state index in [9.17, 15) is 5.11 Å². The van der Waals surface area contributed by atoms with Crippen LogP contribution in [0.3, 0.4) is 0 Å². The standard InChI is InChI=1S/C15H26O3Si/c1-15(16,14-8-6-5-7-9-14)12-18-13-17-10-11-19(2,3)4/h5-9,16H,10-13H2,1-4H3. The van der Waals surface area contributed by atoms with Crippen molar-refractivity contribution in [3.8, 4) is 0 Å². The molecule has 0 aromatic heterocycles. The van der Waals surface area contributed by atoms with Crippen molar-refractivity contribution in [2.75, 3.05) is 20.0 Å². The van der Waals surface area contributed by atoms with Crippen LogP contribution in [-0.2, 0) is 15.1 Å². The fraction of sp³-hybridized carbons (Fsp3) is 0.600. The van der Waals surface area contributed by atoms with Gasteiger partial charge in [0.1, 0.15) is 12.4 Å². The van der Waals surface area contributed by atoms with Gasteiger partial charge in [-0.25, -0.2) is 0 Å². The van der Waals surface area contributed by atoms with Gasteiger partial charge in [0, 0.05) is 14.7 Å². The number of hydrogen-bond acceptors (Lipinski definition) is 3.